The number of hydrogen-bond donors (Lipinski definition) is 0. The van der Waals surface area contributed by atoms with Crippen molar-refractivity contribution in [3.63, 3.8) is 0 Å². The van der Waals surface area contributed by atoms with E-state index in [1.54, 1.807) is 0 Å². The molecule has 0 unspecified atom stereocenters. The molecule has 0 amide bonds. The first-order valence-electron chi connectivity index (χ1n) is 6.92. The Morgan fingerprint density at radius 3 is 1.29 bits per heavy atom. The molecule has 11 heteroatoms. The Morgan fingerprint density at radius 1 is 0.708 bits per heavy atom. The zero-order chi connectivity index (χ0) is 18.7. The zero-order valence-electron chi connectivity index (χ0n) is 13.0. The lowest BCUT2D eigenvalue weighted by Gasteiger charge is -2.29. The first-order chi connectivity index (χ1) is 11.1. The summed E-state index contributed by atoms with van der Waals surface area (Å²) in [7, 11) is -4.50. The van der Waals surface area contributed by atoms with Crippen LogP contribution in [0.4, 0.5) is 30.7 Å². The van der Waals surface area contributed by atoms with Gasteiger partial charge in [-0.1, -0.05) is 0 Å². The lowest BCUT2D eigenvalue weighted by Crippen LogP contribution is -2.60. The van der Waals surface area contributed by atoms with Crippen molar-refractivity contribution in [3.8, 4) is 0 Å². The SMILES string of the molecule is CCO[Si](OCC)(OCC)c1c(F)c(F)c(C(F)(F)F)c(F)c1F. The van der Waals surface area contributed by atoms with E-state index < -0.39 is 49.0 Å². The van der Waals surface area contributed by atoms with E-state index in [2.05, 4.69) is 0 Å². The van der Waals surface area contributed by atoms with Crippen LogP contribution >= 0.6 is 0 Å². The smallest absolute Gasteiger partial charge is 0.370 e. The van der Waals surface area contributed by atoms with Gasteiger partial charge >= 0.3 is 15.0 Å². The van der Waals surface area contributed by atoms with Gasteiger partial charge in [-0.15, -0.1) is 0 Å². The minimum absolute atomic E-state index is 0.213. The molecule has 0 heterocycles. The molecule has 0 N–H and O–H groups in total. The fourth-order valence-corrected chi connectivity index (χ4v) is 4.64. The van der Waals surface area contributed by atoms with Crippen LogP contribution in [-0.2, 0) is 19.5 Å². The molecule has 0 aliphatic heterocycles. The summed E-state index contributed by atoms with van der Waals surface area (Å²) in [5.74, 6) is -9.65. The van der Waals surface area contributed by atoms with Crippen LogP contribution in [0, 0.1) is 23.3 Å². The third-order valence-corrected chi connectivity index (χ3v) is 5.91. The summed E-state index contributed by atoms with van der Waals surface area (Å²) in [5, 5.41) is -1.42. The van der Waals surface area contributed by atoms with Gasteiger partial charge in [-0.3, -0.25) is 0 Å². The summed E-state index contributed by atoms with van der Waals surface area (Å²) >= 11 is 0. The Kier molecular flexibility index (Phi) is 6.79. The predicted molar refractivity (Wildman–Crippen MR) is 71.5 cm³/mol. The summed E-state index contributed by atoms with van der Waals surface area (Å²) in [6.45, 7) is 3.55. The summed E-state index contributed by atoms with van der Waals surface area (Å²) in [4.78, 5) is 0. The summed E-state index contributed by atoms with van der Waals surface area (Å²) in [5.41, 5.74) is -2.66. The monoisotopic (exact) mass is 380 g/mol. The molecular weight excluding hydrogens is 365 g/mol. The van der Waals surface area contributed by atoms with Crippen molar-refractivity contribution in [2.24, 2.45) is 0 Å². The van der Waals surface area contributed by atoms with Crippen LogP contribution in [-0.4, -0.2) is 28.6 Å². The standard InChI is InChI=1S/C13H15F7O3Si/c1-4-21-24(22-5-2,23-6-3)12-10(16)8(14)7(13(18,19)20)9(15)11(12)17/h4-6H2,1-3H3. The Hall–Kier alpha value is -1.17. The second-order valence-corrected chi connectivity index (χ2v) is 6.84. The molecule has 1 aromatic carbocycles. The van der Waals surface area contributed by atoms with Crippen LogP contribution in [0.1, 0.15) is 26.3 Å². The van der Waals surface area contributed by atoms with Crippen LogP contribution in [0.25, 0.3) is 0 Å². The molecule has 0 aliphatic rings. The Balaban J connectivity index is 3.80. The van der Waals surface area contributed by atoms with E-state index in [1.165, 1.54) is 20.8 Å². The summed E-state index contributed by atoms with van der Waals surface area (Å²) in [6.07, 6.45) is -5.62. The van der Waals surface area contributed by atoms with Crippen molar-refractivity contribution in [3.05, 3.63) is 28.8 Å². The van der Waals surface area contributed by atoms with Gasteiger partial charge in [0.2, 0.25) is 0 Å². The highest BCUT2D eigenvalue weighted by atomic mass is 28.4. The van der Waals surface area contributed by atoms with Crippen LogP contribution in [0.15, 0.2) is 0 Å². The van der Waals surface area contributed by atoms with Crippen molar-refractivity contribution in [2.75, 3.05) is 19.8 Å². The lowest BCUT2D eigenvalue weighted by molar-refractivity contribution is -0.143. The quantitative estimate of drug-likeness (QED) is 0.412. The van der Waals surface area contributed by atoms with Gasteiger partial charge in [-0.25, -0.2) is 17.6 Å². The van der Waals surface area contributed by atoms with E-state index in [0.29, 0.717) is 0 Å². The molecule has 1 aromatic rings. The first-order valence-corrected chi connectivity index (χ1v) is 8.65. The van der Waals surface area contributed by atoms with Crippen molar-refractivity contribution < 1.29 is 44.0 Å². The molecule has 0 radical (unpaired) electrons. The molecule has 0 bridgehead atoms. The zero-order valence-corrected chi connectivity index (χ0v) is 14.0. The third-order valence-electron chi connectivity index (χ3n) is 2.86. The number of rotatable bonds is 7. The normalized spacial score (nSPS) is 12.8. The maximum atomic E-state index is 14.2. The molecule has 0 atom stereocenters. The highest BCUT2D eigenvalue weighted by Crippen LogP contribution is 2.35. The van der Waals surface area contributed by atoms with Gasteiger partial charge in [0.1, 0.15) is 5.56 Å². The van der Waals surface area contributed by atoms with Crippen molar-refractivity contribution in [1.82, 2.24) is 0 Å². The van der Waals surface area contributed by atoms with E-state index in [-0.39, 0.29) is 19.8 Å². The highest BCUT2D eigenvalue weighted by Gasteiger charge is 2.53. The number of alkyl halides is 3. The fourth-order valence-electron chi connectivity index (χ4n) is 2.06. The summed E-state index contributed by atoms with van der Waals surface area (Å²) < 4.78 is 109. The molecule has 0 aliphatic carbocycles. The molecular formula is C13H15F7O3Si. The largest absolute Gasteiger partial charge is 0.543 e. The minimum Gasteiger partial charge on any atom is -0.370 e. The van der Waals surface area contributed by atoms with Gasteiger partial charge in [0.05, 0.1) is 5.19 Å². The average molecular weight is 380 g/mol. The molecule has 1 rings (SSSR count). The highest BCUT2D eigenvalue weighted by molar-refractivity contribution is 6.75. The van der Waals surface area contributed by atoms with Crippen LogP contribution in [0.5, 0.6) is 0 Å². The minimum atomic E-state index is -5.62. The van der Waals surface area contributed by atoms with E-state index in [1.807, 2.05) is 0 Å². The Labute approximate surface area is 134 Å². The number of halogens is 7. The van der Waals surface area contributed by atoms with E-state index in [9.17, 15) is 30.7 Å². The van der Waals surface area contributed by atoms with Gasteiger partial charge < -0.3 is 13.3 Å². The average Bonchev–Trinajstić information content (AvgIpc) is 2.45. The molecule has 3 nitrogen and oxygen atoms in total. The Morgan fingerprint density at radius 2 is 1.04 bits per heavy atom. The predicted octanol–water partition coefficient (Wildman–Crippen LogP) is 3.52. The summed E-state index contributed by atoms with van der Waals surface area (Å²) in [6, 6.07) is 0. The van der Waals surface area contributed by atoms with Gasteiger partial charge in [-0.2, -0.15) is 13.2 Å². The van der Waals surface area contributed by atoms with E-state index in [4.69, 9.17) is 13.3 Å². The van der Waals surface area contributed by atoms with Gasteiger partial charge in [0.25, 0.3) is 0 Å². The maximum Gasteiger partial charge on any atom is 0.543 e. The van der Waals surface area contributed by atoms with Crippen LogP contribution in [0.2, 0.25) is 0 Å². The van der Waals surface area contributed by atoms with Crippen LogP contribution in [0.3, 0.4) is 0 Å². The molecule has 0 saturated heterocycles. The van der Waals surface area contributed by atoms with E-state index >= 15 is 0 Å². The molecule has 0 aromatic heterocycles. The number of benzene rings is 1. The number of hydrogen-bond acceptors (Lipinski definition) is 3. The fraction of sp³-hybridized carbons (Fsp3) is 0.538. The topological polar surface area (TPSA) is 27.7 Å². The van der Waals surface area contributed by atoms with Gasteiger partial charge in [-0.05, 0) is 20.8 Å². The van der Waals surface area contributed by atoms with E-state index in [0.717, 1.165) is 0 Å². The molecule has 138 valence electrons. The van der Waals surface area contributed by atoms with Crippen molar-refractivity contribution in [2.45, 2.75) is 26.9 Å². The maximum absolute atomic E-state index is 14.2. The Bertz CT molecular complexity index is 546. The third kappa shape index (κ3) is 3.73. The molecule has 0 fully saturated rings. The van der Waals surface area contributed by atoms with Crippen LogP contribution < -0.4 is 5.19 Å². The van der Waals surface area contributed by atoms with Gasteiger partial charge in [0, 0.05) is 19.8 Å². The molecule has 24 heavy (non-hydrogen) atoms. The lowest BCUT2D eigenvalue weighted by atomic mass is 10.1. The second-order valence-electron chi connectivity index (χ2n) is 4.36. The van der Waals surface area contributed by atoms with Gasteiger partial charge in [0.15, 0.2) is 23.3 Å². The first kappa shape index (κ1) is 20.9. The molecule has 0 saturated carbocycles. The second kappa shape index (κ2) is 7.81. The van der Waals surface area contributed by atoms with Crippen molar-refractivity contribution >= 4 is 14.0 Å². The molecule has 0 spiro atoms. The van der Waals surface area contributed by atoms with Crippen molar-refractivity contribution in [1.29, 1.82) is 0 Å².